The van der Waals surface area contributed by atoms with Gasteiger partial charge in [0, 0.05) is 32.8 Å². The van der Waals surface area contributed by atoms with E-state index in [1.165, 1.54) is 18.2 Å². The maximum absolute atomic E-state index is 12.9. The van der Waals surface area contributed by atoms with Gasteiger partial charge in [-0.15, -0.1) is 0 Å². The van der Waals surface area contributed by atoms with E-state index in [0.29, 0.717) is 41.0 Å². The molecule has 0 aliphatic carbocycles. The van der Waals surface area contributed by atoms with Crippen molar-refractivity contribution in [1.82, 2.24) is 14.5 Å². The summed E-state index contributed by atoms with van der Waals surface area (Å²) in [5, 5.41) is 1.21. The number of amides is 1. The van der Waals surface area contributed by atoms with Gasteiger partial charge < -0.3 is 9.64 Å². The standard InChI is InChI=1S/C20H27N3O3S/c1-15-8-5-6-11-22(15)18(24)14-27-20-21-17-10-4-3-9-16(17)19(25)23(20)12-7-13-26-2/h3-4,9-10,15H,5-8,11-14H2,1-2H3/t15-/m1/s1. The molecule has 1 amide bonds. The summed E-state index contributed by atoms with van der Waals surface area (Å²) in [6.07, 6.45) is 4.04. The van der Waals surface area contributed by atoms with E-state index in [9.17, 15) is 9.59 Å². The van der Waals surface area contributed by atoms with Gasteiger partial charge in [0.05, 0.1) is 16.7 Å². The SMILES string of the molecule is COCCCn1c(SCC(=O)N2CCCC[C@H]2C)nc2ccccc2c1=O. The van der Waals surface area contributed by atoms with Gasteiger partial charge in [-0.1, -0.05) is 23.9 Å². The Morgan fingerprint density at radius 2 is 2.15 bits per heavy atom. The zero-order valence-electron chi connectivity index (χ0n) is 16.0. The topological polar surface area (TPSA) is 64.4 Å². The Morgan fingerprint density at radius 3 is 2.93 bits per heavy atom. The van der Waals surface area contributed by atoms with E-state index >= 15 is 0 Å². The molecule has 0 N–H and O–H groups in total. The van der Waals surface area contributed by atoms with E-state index in [2.05, 4.69) is 11.9 Å². The monoisotopic (exact) mass is 389 g/mol. The fourth-order valence-electron chi connectivity index (χ4n) is 3.50. The fourth-order valence-corrected chi connectivity index (χ4v) is 4.41. The average Bonchev–Trinajstić information content (AvgIpc) is 2.68. The molecule has 27 heavy (non-hydrogen) atoms. The molecule has 146 valence electrons. The number of ether oxygens (including phenoxy) is 1. The van der Waals surface area contributed by atoms with Crippen molar-refractivity contribution in [2.75, 3.05) is 26.0 Å². The zero-order chi connectivity index (χ0) is 19.2. The lowest BCUT2D eigenvalue weighted by atomic mass is 10.0. The lowest BCUT2D eigenvalue weighted by Crippen LogP contribution is -2.43. The largest absolute Gasteiger partial charge is 0.385 e. The van der Waals surface area contributed by atoms with E-state index in [1.807, 2.05) is 23.1 Å². The van der Waals surface area contributed by atoms with Crippen LogP contribution in [0.1, 0.15) is 32.6 Å². The van der Waals surface area contributed by atoms with E-state index in [-0.39, 0.29) is 11.5 Å². The molecule has 0 radical (unpaired) electrons. The van der Waals surface area contributed by atoms with Gasteiger partial charge in [-0.3, -0.25) is 14.2 Å². The third-order valence-corrected chi connectivity index (χ3v) is 5.97. The number of piperidine rings is 1. The van der Waals surface area contributed by atoms with Gasteiger partial charge in [0.25, 0.3) is 5.56 Å². The van der Waals surface area contributed by atoms with E-state index in [4.69, 9.17) is 4.74 Å². The van der Waals surface area contributed by atoms with Crippen LogP contribution in [-0.4, -0.2) is 52.4 Å². The zero-order valence-corrected chi connectivity index (χ0v) is 16.8. The van der Waals surface area contributed by atoms with Gasteiger partial charge in [0.15, 0.2) is 5.16 Å². The molecule has 1 saturated heterocycles. The Balaban J connectivity index is 1.82. The molecule has 1 aromatic heterocycles. The maximum Gasteiger partial charge on any atom is 0.262 e. The molecule has 2 heterocycles. The molecule has 1 aromatic carbocycles. The van der Waals surface area contributed by atoms with E-state index in [0.717, 1.165) is 25.8 Å². The molecule has 1 atom stereocenters. The summed E-state index contributed by atoms with van der Waals surface area (Å²) in [5.74, 6) is 0.428. The van der Waals surface area contributed by atoms with Gasteiger partial charge in [-0.05, 0) is 44.7 Å². The fraction of sp³-hybridized carbons (Fsp3) is 0.550. The summed E-state index contributed by atoms with van der Waals surface area (Å²) in [6.45, 7) is 4.04. The number of hydrogen-bond acceptors (Lipinski definition) is 5. The first-order valence-corrected chi connectivity index (χ1v) is 10.5. The van der Waals surface area contributed by atoms with Gasteiger partial charge in [-0.2, -0.15) is 0 Å². The van der Waals surface area contributed by atoms with Crippen LogP contribution in [0.4, 0.5) is 0 Å². The van der Waals surface area contributed by atoms with Crippen molar-refractivity contribution >= 4 is 28.6 Å². The molecule has 0 unspecified atom stereocenters. The van der Waals surface area contributed by atoms with E-state index in [1.54, 1.807) is 17.7 Å². The van der Waals surface area contributed by atoms with Gasteiger partial charge in [0.1, 0.15) is 0 Å². The highest BCUT2D eigenvalue weighted by molar-refractivity contribution is 7.99. The maximum atomic E-state index is 12.9. The minimum absolute atomic E-state index is 0.0574. The molecule has 1 aliphatic rings. The minimum atomic E-state index is -0.0574. The van der Waals surface area contributed by atoms with Crippen molar-refractivity contribution in [1.29, 1.82) is 0 Å². The summed E-state index contributed by atoms with van der Waals surface area (Å²) in [7, 11) is 1.65. The third-order valence-electron chi connectivity index (χ3n) is 5.00. The first kappa shape index (κ1) is 19.9. The van der Waals surface area contributed by atoms with Crippen molar-refractivity contribution in [3.8, 4) is 0 Å². The van der Waals surface area contributed by atoms with Crippen LogP contribution in [0.3, 0.4) is 0 Å². The number of fused-ring (bicyclic) bond motifs is 1. The number of aromatic nitrogens is 2. The van der Waals surface area contributed by atoms with Crippen molar-refractivity contribution in [2.45, 2.75) is 50.4 Å². The number of thioether (sulfide) groups is 1. The number of likely N-dealkylation sites (tertiary alicyclic amines) is 1. The average molecular weight is 390 g/mol. The van der Waals surface area contributed by atoms with E-state index < -0.39 is 0 Å². The van der Waals surface area contributed by atoms with Crippen molar-refractivity contribution in [3.05, 3.63) is 34.6 Å². The predicted octanol–water partition coefficient (Wildman–Crippen LogP) is 2.93. The summed E-state index contributed by atoms with van der Waals surface area (Å²) in [6, 6.07) is 7.65. The molecule has 1 fully saturated rings. The smallest absolute Gasteiger partial charge is 0.262 e. The number of rotatable bonds is 7. The Hall–Kier alpha value is -1.86. The second kappa shape index (κ2) is 9.37. The van der Waals surface area contributed by atoms with Gasteiger partial charge in [-0.25, -0.2) is 4.98 Å². The van der Waals surface area contributed by atoms with Crippen molar-refractivity contribution in [2.24, 2.45) is 0 Å². The molecule has 1 aliphatic heterocycles. The lowest BCUT2D eigenvalue weighted by molar-refractivity contribution is -0.131. The molecule has 0 bridgehead atoms. The second-order valence-electron chi connectivity index (χ2n) is 6.94. The Bertz CT molecular complexity index is 852. The molecule has 6 nitrogen and oxygen atoms in total. The Labute approximate surface area is 163 Å². The molecular weight excluding hydrogens is 362 g/mol. The minimum Gasteiger partial charge on any atom is -0.385 e. The van der Waals surface area contributed by atoms with Crippen molar-refractivity contribution < 1.29 is 9.53 Å². The number of para-hydroxylation sites is 1. The van der Waals surface area contributed by atoms with Gasteiger partial charge >= 0.3 is 0 Å². The number of methoxy groups -OCH3 is 1. The summed E-state index contributed by atoms with van der Waals surface area (Å²) in [4.78, 5) is 32.2. The third kappa shape index (κ3) is 4.71. The van der Waals surface area contributed by atoms with Crippen LogP contribution in [0, 0.1) is 0 Å². The normalized spacial score (nSPS) is 17.4. The molecule has 0 spiro atoms. The molecule has 0 saturated carbocycles. The summed E-state index contributed by atoms with van der Waals surface area (Å²) in [5.41, 5.74) is 0.616. The second-order valence-corrected chi connectivity index (χ2v) is 7.88. The summed E-state index contributed by atoms with van der Waals surface area (Å²) < 4.78 is 6.80. The number of carbonyl (C=O) groups excluding carboxylic acids is 1. The van der Waals surface area contributed by atoms with Crippen LogP contribution in [-0.2, 0) is 16.1 Å². The quantitative estimate of drug-likeness (QED) is 0.414. The predicted molar refractivity (Wildman–Crippen MR) is 108 cm³/mol. The number of nitrogens with zero attached hydrogens (tertiary/aromatic N) is 3. The van der Waals surface area contributed by atoms with Crippen LogP contribution < -0.4 is 5.56 Å². The summed E-state index contributed by atoms with van der Waals surface area (Å²) >= 11 is 1.36. The van der Waals surface area contributed by atoms with Crippen LogP contribution in [0.25, 0.3) is 10.9 Å². The van der Waals surface area contributed by atoms with Gasteiger partial charge in [0.2, 0.25) is 5.91 Å². The molecule has 2 aromatic rings. The number of benzene rings is 1. The first-order valence-electron chi connectivity index (χ1n) is 9.52. The lowest BCUT2D eigenvalue weighted by Gasteiger charge is -2.33. The number of hydrogen-bond donors (Lipinski definition) is 0. The van der Waals surface area contributed by atoms with Crippen molar-refractivity contribution in [3.63, 3.8) is 0 Å². The van der Waals surface area contributed by atoms with Crippen LogP contribution in [0.2, 0.25) is 0 Å². The Kier molecular flexibility index (Phi) is 6.90. The Morgan fingerprint density at radius 1 is 1.33 bits per heavy atom. The van der Waals surface area contributed by atoms with Crippen LogP contribution in [0.5, 0.6) is 0 Å². The molecular formula is C20H27N3O3S. The van der Waals surface area contributed by atoms with Crippen LogP contribution in [0.15, 0.2) is 34.2 Å². The molecule has 7 heteroatoms. The first-order chi connectivity index (χ1) is 13.1. The highest BCUT2D eigenvalue weighted by atomic mass is 32.2. The number of carbonyl (C=O) groups is 1. The van der Waals surface area contributed by atoms with Crippen LogP contribution >= 0.6 is 11.8 Å². The molecule has 3 rings (SSSR count). The highest BCUT2D eigenvalue weighted by Crippen LogP contribution is 2.22. The highest BCUT2D eigenvalue weighted by Gasteiger charge is 2.23.